The molecular weight excluding hydrogens is 392 g/mol. The molecule has 0 spiro atoms. The van der Waals surface area contributed by atoms with E-state index in [1.54, 1.807) is 0 Å². The zero-order chi connectivity index (χ0) is 22.4. The summed E-state index contributed by atoms with van der Waals surface area (Å²) in [6.45, 7) is 2.43. The molecular formula is C25H36N2O4. The standard InChI is InChI=1S/C25H36N2O4/c1-2-3-4-5-6-7-8-9-14-25(24(26)31)16-21(25)18-10-12-20(13-11-18)27-17-19(23(29)30)15-22(27)28/h10-13,19,21H,2-9,14-17H2,1H3,(H2,26,31)(H,29,30). The van der Waals surface area contributed by atoms with E-state index in [4.69, 9.17) is 10.8 Å². The minimum absolute atomic E-state index is 0.0447. The highest BCUT2D eigenvalue weighted by atomic mass is 16.4. The van der Waals surface area contributed by atoms with Crippen LogP contribution in [0, 0.1) is 11.3 Å². The Kier molecular flexibility index (Phi) is 7.74. The van der Waals surface area contributed by atoms with E-state index < -0.39 is 17.3 Å². The second kappa shape index (κ2) is 10.3. The third-order valence-electron chi connectivity index (χ3n) is 7.12. The summed E-state index contributed by atoms with van der Waals surface area (Å²) < 4.78 is 0. The van der Waals surface area contributed by atoms with E-state index in [1.807, 2.05) is 24.3 Å². The first-order chi connectivity index (χ1) is 14.9. The van der Waals surface area contributed by atoms with Gasteiger partial charge >= 0.3 is 5.97 Å². The molecule has 6 nitrogen and oxygen atoms in total. The van der Waals surface area contributed by atoms with Crippen molar-refractivity contribution in [2.24, 2.45) is 17.1 Å². The fourth-order valence-electron chi connectivity index (χ4n) is 5.00. The van der Waals surface area contributed by atoms with E-state index >= 15 is 0 Å². The van der Waals surface area contributed by atoms with Gasteiger partial charge in [-0.2, -0.15) is 0 Å². The van der Waals surface area contributed by atoms with Gasteiger partial charge in [0.15, 0.2) is 0 Å². The summed E-state index contributed by atoms with van der Waals surface area (Å²) in [7, 11) is 0. The van der Waals surface area contributed by atoms with Crippen LogP contribution in [0.2, 0.25) is 0 Å². The molecule has 2 aliphatic rings. The monoisotopic (exact) mass is 428 g/mol. The lowest BCUT2D eigenvalue weighted by atomic mass is 9.91. The quantitative estimate of drug-likeness (QED) is 0.448. The minimum atomic E-state index is -0.933. The highest BCUT2D eigenvalue weighted by Gasteiger charge is 2.58. The topological polar surface area (TPSA) is 101 Å². The Bertz CT molecular complexity index is 791. The molecule has 1 saturated heterocycles. The number of nitrogens with two attached hydrogens (primary N) is 1. The fourth-order valence-corrected chi connectivity index (χ4v) is 5.00. The normalized spacial score (nSPS) is 25.1. The number of carbonyl (C=O) groups is 3. The molecule has 1 heterocycles. The van der Waals surface area contributed by atoms with Crippen LogP contribution in [-0.2, 0) is 14.4 Å². The third-order valence-corrected chi connectivity index (χ3v) is 7.12. The van der Waals surface area contributed by atoms with Gasteiger partial charge in [0.05, 0.1) is 11.3 Å². The van der Waals surface area contributed by atoms with Gasteiger partial charge in [-0.1, -0.05) is 70.4 Å². The number of hydrogen-bond donors (Lipinski definition) is 2. The van der Waals surface area contributed by atoms with Crippen LogP contribution in [0.5, 0.6) is 0 Å². The van der Waals surface area contributed by atoms with Crippen molar-refractivity contribution >= 4 is 23.5 Å². The van der Waals surface area contributed by atoms with E-state index in [0.717, 1.165) is 31.2 Å². The zero-order valence-electron chi connectivity index (χ0n) is 18.6. The summed E-state index contributed by atoms with van der Waals surface area (Å²) in [6, 6.07) is 7.63. The molecule has 0 radical (unpaired) electrons. The number of amides is 2. The molecule has 3 atom stereocenters. The van der Waals surface area contributed by atoms with Crippen LogP contribution in [0.25, 0.3) is 0 Å². The number of rotatable bonds is 13. The fraction of sp³-hybridized carbons (Fsp3) is 0.640. The maximum Gasteiger partial charge on any atom is 0.308 e. The number of carboxylic acid groups (broad SMARTS) is 1. The smallest absolute Gasteiger partial charge is 0.308 e. The Labute approximate surface area is 185 Å². The molecule has 31 heavy (non-hydrogen) atoms. The lowest BCUT2D eigenvalue weighted by Gasteiger charge is -2.17. The summed E-state index contributed by atoms with van der Waals surface area (Å²) in [6.07, 6.45) is 11.6. The van der Waals surface area contributed by atoms with Gasteiger partial charge in [0.1, 0.15) is 0 Å². The van der Waals surface area contributed by atoms with Crippen LogP contribution in [0.3, 0.4) is 0 Å². The maximum atomic E-state index is 12.2. The van der Waals surface area contributed by atoms with Gasteiger partial charge in [0, 0.05) is 18.7 Å². The predicted molar refractivity (Wildman–Crippen MR) is 121 cm³/mol. The van der Waals surface area contributed by atoms with Crippen LogP contribution in [0.15, 0.2) is 24.3 Å². The summed E-state index contributed by atoms with van der Waals surface area (Å²) in [5.41, 5.74) is 7.16. The number of unbranched alkanes of at least 4 members (excludes halogenated alkanes) is 7. The molecule has 1 saturated carbocycles. The molecule has 3 N–H and O–H groups in total. The minimum Gasteiger partial charge on any atom is -0.481 e. The van der Waals surface area contributed by atoms with Gasteiger partial charge in [-0.05, 0) is 36.5 Å². The second-order valence-electron chi connectivity index (χ2n) is 9.34. The summed E-state index contributed by atoms with van der Waals surface area (Å²) >= 11 is 0. The molecule has 6 heteroatoms. The van der Waals surface area contributed by atoms with Crippen LogP contribution in [0.1, 0.15) is 89.0 Å². The van der Waals surface area contributed by atoms with Crippen molar-refractivity contribution in [2.75, 3.05) is 11.4 Å². The average Bonchev–Trinajstić information content (AvgIpc) is 3.36. The molecule has 3 unspecified atom stereocenters. The first-order valence-corrected chi connectivity index (χ1v) is 11.8. The number of nitrogens with zero attached hydrogens (tertiary/aromatic N) is 1. The van der Waals surface area contributed by atoms with Crippen LogP contribution in [-0.4, -0.2) is 29.4 Å². The molecule has 1 aromatic rings. The van der Waals surface area contributed by atoms with Crippen molar-refractivity contribution in [3.05, 3.63) is 29.8 Å². The first kappa shape index (κ1) is 23.3. The number of carboxylic acids is 1. The largest absolute Gasteiger partial charge is 0.481 e. The van der Waals surface area contributed by atoms with E-state index in [9.17, 15) is 14.4 Å². The van der Waals surface area contributed by atoms with Crippen LogP contribution >= 0.6 is 0 Å². The molecule has 2 fully saturated rings. The van der Waals surface area contributed by atoms with Crippen LogP contribution in [0.4, 0.5) is 5.69 Å². The zero-order valence-corrected chi connectivity index (χ0v) is 18.6. The lowest BCUT2D eigenvalue weighted by molar-refractivity contribution is -0.141. The van der Waals surface area contributed by atoms with Gasteiger partial charge in [0.2, 0.25) is 11.8 Å². The highest BCUT2D eigenvalue weighted by molar-refractivity contribution is 5.99. The number of hydrogen-bond acceptors (Lipinski definition) is 3. The molecule has 0 aromatic heterocycles. The van der Waals surface area contributed by atoms with Gasteiger partial charge in [0.25, 0.3) is 0 Å². The Morgan fingerprint density at radius 2 is 1.68 bits per heavy atom. The number of aliphatic carboxylic acids is 1. The van der Waals surface area contributed by atoms with Gasteiger partial charge in [-0.15, -0.1) is 0 Å². The average molecular weight is 429 g/mol. The van der Waals surface area contributed by atoms with Gasteiger partial charge < -0.3 is 15.7 Å². The molecule has 2 amide bonds. The predicted octanol–water partition coefficient (Wildman–Crippen LogP) is 4.61. The molecule has 0 bridgehead atoms. The molecule has 1 aliphatic carbocycles. The van der Waals surface area contributed by atoms with Crippen molar-refractivity contribution < 1.29 is 19.5 Å². The number of primary amides is 1. The summed E-state index contributed by atoms with van der Waals surface area (Å²) in [5, 5.41) is 9.16. The number of carbonyl (C=O) groups excluding carboxylic acids is 2. The molecule has 1 aliphatic heterocycles. The van der Waals surface area contributed by atoms with Crippen molar-refractivity contribution in [3.8, 4) is 0 Å². The van der Waals surface area contributed by atoms with E-state index in [0.29, 0.717) is 5.69 Å². The summed E-state index contributed by atoms with van der Waals surface area (Å²) in [5.74, 6) is -1.80. The Hall–Kier alpha value is -2.37. The highest BCUT2D eigenvalue weighted by Crippen LogP contribution is 2.62. The molecule has 170 valence electrons. The molecule has 3 rings (SSSR count). The van der Waals surface area contributed by atoms with E-state index in [2.05, 4.69) is 6.92 Å². The number of anilines is 1. The third kappa shape index (κ3) is 5.46. The Morgan fingerprint density at radius 3 is 2.23 bits per heavy atom. The van der Waals surface area contributed by atoms with Crippen molar-refractivity contribution in [1.29, 1.82) is 0 Å². The van der Waals surface area contributed by atoms with Gasteiger partial charge in [-0.3, -0.25) is 14.4 Å². The van der Waals surface area contributed by atoms with Gasteiger partial charge in [-0.25, -0.2) is 0 Å². The summed E-state index contributed by atoms with van der Waals surface area (Å²) in [4.78, 5) is 37.1. The van der Waals surface area contributed by atoms with Crippen molar-refractivity contribution in [3.63, 3.8) is 0 Å². The van der Waals surface area contributed by atoms with E-state index in [-0.39, 0.29) is 30.7 Å². The van der Waals surface area contributed by atoms with Crippen molar-refractivity contribution in [1.82, 2.24) is 0 Å². The Balaban J connectivity index is 1.51. The first-order valence-electron chi connectivity index (χ1n) is 11.8. The molecule has 1 aromatic carbocycles. The SMILES string of the molecule is CCCCCCCCCCC1(C(N)=O)CC1c1ccc(N2CC(C(=O)O)CC2=O)cc1. The maximum absolute atomic E-state index is 12.2. The lowest BCUT2D eigenvalue weighted by Crippen LogP contribution is -2.26. The Morgan fingerprint density at radius 1 is 1.06 bits per heavy atom. The van der Waals surface area contributed by atoms with Crippen LogP contribution < -0.4 is 10.6 Å². The number of benzene rings is 1. The van der Waals surface area contributed by atoms with Crippen molar-refractivity contribution in [2.45, 2.75) is 83.5 Å². The van der Waals surface area contributed by atoms with E-state index in [1.165, 1.54) is 43.4 Å². The second-order valence-corrected chi connectivity index (χ2v) is 9.34.